The van der Waals surface area contributed by atoms with Gasteiger partial charge in [-0.3, -0.25) is 4.90 Å². The van der Waals surface area contributed by atoms with Crippen LogP contribution in [0.5, 0.6) is 0 Å². The fraction of sp³-hybridized carbons (Fsp3) is 0.357. The Hall–Kier alpha value is -3.78. The van der Waals surface area contributed by atoms with Crippen LogP contribution in [-0.4, -0.2) is 62.1 Å². The number of aryl methyl sites for hydroxylation is 1. The summed E-state index contributed by atoms with van der Waals surface area (Å²) in [5.74, 6) is 1.33. The molecule has 0 spiro atoms. The van der Waals surface area contributed by atoms with Crippen LogP contribution in [-0.2, 0) is 0 Å². The molecule has 182 valence electrons. The standard InChI is InChI=1S/C28H29N7O/c1-19-25(26(32-36-19)20-7-3-2-4-8-20)28-31-30-27-24-17-23(12-11-21(24)18-29-35(27)28)34-15-13-33(14-16-34)22-9-5-6-10-22/h2-4,7-8,11-12,17-18,22H,5-6,9-10,13-16H2,1H3. The van der Waals surface area contributed by atoms with Crippen molar-refractivity contribution >= 4 is 22.1 Å². The van der Waals surface area contributed by atoms with Crippen molar-refractivity contribution in [3.8, 4) is 22.6 Å². The minimum absolute atomic E-state index is 0.639. The van der Waals surface area contributed by atoms with Crippen LogP contribution in [0.25, 0.3) is 39.1 Å². The highest BCUT2D eigenvalue weighted by Gasteiger charge is 2.27. The van der Waals surface area contributed by atoms with Gasteiger partial charge in [0.15, 0.2) is 11.5 Å². The number of aromatic nitrogens is 5. The zero-order valence-electron chi connectivity index (χ0n) is 20.5. The van der Waals surface area contributed by atoms with Crippen LogP contribution in [0.3, 0.4) is 0 Å². The number of hydrogen-bond acceptors (Lipinski definition) is 7. The summed E-state index contributed by atoms with van der Waals surface area (Å²) in [7, 11) is 0. The molecule has 1 aliphatic carbocycles. The molecule has 2 aliphatic rings. The second-order valence-electron chi connectivity index (χ2n) is 9.96. The Morgan fingerprint density at radius 1 is 0.917 bits per heavy atom. The Labute approximate surface area is 209 Å². The average molecular weight is 480 g/mol. The van der Waals surface area contributed by atoms with E-state index in [1.165, 1.54) is 31.4 Å². The summed E-state index contributed by atoms with van der Waals surface area (Å²) in [6, 6.07) is 17.4. The molecule has 2 fully saturated rings. The summed E-state index contributed by atoms with van der Waals surface area (Å²) in [6.45, 7) is 6.29. The van der Waals surface area contributed by atoms with E-state index in [0.29, 0.717) is 11.6 Å². The number of anilines is 1. The Morgan fingerprint density at radius 3 is 2.53 bits per heavy atom. The second-order valence-corrected chi connectivity index (χ2v) is 9.96. The summed E-state index contributed by atoms with van der Waals surface area (Å²) in [5, 5.41) is 20.3. The van der Waals surface area contributed by atoms with Crippen LogP contribution in [0, 0.1) is 6.92 Å². The highest BCUT2D eigenvalue weighted by atomic mass is 16.5. The lowest BCUT2D eigenvalue weighted by Gasteiger charge is -2.39. The quantitative estimate of drug-likeness (QED) is 0.360. The number of nitrogens with zero attached hydrogens (tertiary/aromatic N) is 7. The Morgan fingerprint density at radius 2 is 1.72 bits per heavy atom. The first kappa shape index (κ1) is 21.5. The number of rotatable bonds is 4. The lowest BCUT2D eigenvalue weighted by molar-refractivity contribution is 0.187. The molecule has 1 aliphatic heterocycles. The van der Waals surface area contributed by atoms with Crippen molar-refractivity contribution in [1.82, 2.24) is 29.9 Å². The lowest BCUT2D eigenvalue weighted by Crippen LogP contribution is -2.49. The molecule has 8 heteroatoms. The summed E-state index contributed by atoms with van der Waals surface area (Å²) >= 11 is 0. The number of fused-ring (bicyclic) bond motifs is 3. The highest BCUT2D eigenvalue weighted by Crippen LogP contribution is 2.34. The Bertz CT molecular complexity index is 1530. The molecule has 5 aromatic rings. The van der Waals surface area contributed by atoms with Gasteiger partial charge >= 0.3 is 0 Å². The van der Waals surface area contributed by atoms with Crippen molar-refractivity contribution in [3.05, 3.63) is 60.5 Å². The monoisotopic (exact) mass is 479 g/mol. The SMILES string of the molecule is Cc1onc(-c2ccccc2)c1-c1nnc2c3cc(N4CCN(C5CCCC5)CC4)ccc3cnn12. The lowest BCUT2D eigenvalue weighted by atomic mass is 10.1. The number of benzene rings is 2. The number of piperazine rings is 1. The van der Waals surface area contributed by atoms with E-state index in [9.17, 15) is 0 Å². The largest absolute Gasteiger partial charge is 0.369 e. The van der Waals surface area contributed by atoms with Crippen LogP contribution in [0.1, 0.15) is 31.4 Å². The van der Waals surface area contributed by atoms with Crippen molar-refractivity contribution < 1.29 is 4.52 Å². The maximum atomic E-state index is 5.58. The molecule has 0 radical (unpaired) electrons. The third kappa shape index (κ3) is 3.55. The summed E-state index contributed by atoms with van der Waals surface area (Å²) < 4.78 is 7.40. The summed E-state index contributed by atoms with van der Waals surface area (Å²) in [4.78, 5) is 5.19. The molecular weight excluding hydrogens is 450 g/mol. The van der Waals surface area contributed by atoms with Gasteiger partial charge in [-0.25, -0.2) is 0 Å². The first-order valence-electron chi connectivity index (χ1n) is 12.9. The van der Waals surface area contributed by atoms with Crippen LogP contribution >= 0.6 is 0 Å². The number of hydrogen-bond donors (Lipinski definition) is 0. The van der Waals surface area contributed by atoms with E-state index in [0.717, 1.165) is 65.5 Å². The molecule has 8 nitrogen and oxygen atoms in total. The van der Waals surface area contributed by atoms with Crippen molar-refractivity contribution in [2.24, 2.45) is 0 Å². The van der Waals surface area contributed by atoms with Crippen LogP contribution in [0.2, 0.25) is 0 Å². The van der Waals surface area contributed by atoms with Crippen molar-refractivity contribution in [2.75, 3.05) is 31.1 Å². The van der Waals surface area contributed by atoms with Gasteiger partial charge in [0.05, 0.1) is 11.8 Å². The molecule has 36 heavy (non-hydrogen) atoms. The highest BCUT2D eigenvalue weighted by molar-refractivity contribution is 5.96. The van der Waals surface area contributed by atoms with Crippen LogP contribution < -0.4 is 4.90 Å². The second kappa shape index (κ2) is 8.71. The maximum Gasteiger partial charge on any atom is 0.191 e. The predicted octanol–water partition coefficient (Wildman–Crippen LogP) is 4.97. The smallest absolute Gasteiger partial charge is 0.191 e. The van der Waals surface area contributed by atoms with Gasteiger partial charge in [0, 0.05) is 54.2 Å². The summed E-state index contributed by atoms with van der Waals surface area (Å²) in [5.41, 5.74) is 4.52. The van der Waals surface area contributed by atoms with E-state index < -0.39 is 0 Å². The van der Waals surface area contributed by atoms with Gasteiger partial charge in [-0.1, -0.05) is 54.4 Å². The minimum atomic E-state index is 0.639. The van der Waals surface area contributed by atoms with Gasteiger partial charge in [0.25, 0.3) is 0 Å². The third-order valence-electron chi connectivity index (χ3n) is 7.88. The molecule has 0 N–H and O–H groups in total. The van der Waals surface area contributed by atoms with Crippen molar-refractivity contribution in [1.29, 1.82) is 0 Å². The topological polar surface area (TPSA) is 75.6 Å². The Balaban J connectivity index is 1.25. The van der Waals surface area contributed by atoms with E-state index >= 15 is 0 Å². The molecule has 0 bridgehead atoms. The minimum Gasteiger partial charge on any atom is -0.369 e. The zero-order valence-corrected chi connectivity index (χ0v) is 20.5. The van der Waals surface area contributed by atoms with Crippen LogP contribution in [0.15, 0.2) is 59.3 Å². The normalized spacial score (nSPS) is 17.5. The predicted molar refractivity (Wildman–Crippen MR) is 140 cm³/mol. The molecule has 7 rings (SSSR count). The molecule has 1 saturated carbocycles. The van der Waals surface area contributed by atoms with E-state index in [1.807, 2.05) is 48.0 Å². The van der Waals surface area contributed by atoms with E-state index in [-0.39, 0.29) is 0 Å². The summed E-state index contributed by atoms with van der Waals surface area (Å²) in [6.07, 6.45) is 7.41. The van der Waals surface area contributed by atoms with Crippen LogP contribution in [0.4, 0.5) is 5.69 Å². The van der Waals surface area contributed by atoms with E-state index in [4.69, 9.17) is 9.62 Å². The van der Waals surface area contributed by atoms with E-state index in [2.05, 4.69) is 43.4 Å². The third-order valence-corrected chi connectivity index (χ3v) is 7.88. The maximum absolute atomic E-state index is 5.58. The first-order chi connectivity index (χ1) is 17.8. The van der Waals surface area contributed by atoms with Gasteiger partial charge in [-0.15, -0.1) is 10.2 Å². The molecule has 1 saturated heterocycles. The van der Waals surface area contributed by atoms with Crippen molar-refractivity contribution in [2.45, 2.75) is 38.6 Å². The molecule has 2 aromatic carbocycles. The van der Waals surface area contributed by atoms with Gasteiger partial charge < -0.3 is 9.42 Å². The first-order valence-corrected chi connectivity index (χ1v) is 12.9. The molecule has 0 atom stereocenters. The molecule has 0 unspecified atom stereocenters. The Kier molecular flexibility index (Phi) is 5.20. The molecule has 0 amide bonds. The molecular formula is C28H29N7O. The molecule has 4 heterocycles. The van der Waals surface area contributed by atoms with Gasteiger partial charge in [0.2, 0.25) is 0 Å². The molecule has 3 aromatic heterocycles. The van der Waals surface area contributed by atoms with Gasteiger partial charge in [0.1, 0.15) is 11.5 Å². The van der Waals surface area contributed by atoms with Crippen molar-refractivity contribution in [3.63, 3.8) is 0 Å². The fourth-order valence-corrected chi connectivity index (χ4v) is 5.92. The van der Waals surface area contributed by atoms with Gasteiger partial charge in [-0.05, 0) is 31.9 Å². The zero-order chi connectivity index (χ0) is 24.1. The average Bonchev–Trinajstić information content (AvgIpc) is 3.69. The van der Waals surface area contributed by atoms with E-state index in [1.54, 1.807) is 0 Å². The fourth-order valence-electron chi connectivity index (χ4n) is 5.92. The van der Waals surface area contributed by atoms with Gasteiger partial charge in [-0.2, -0.15) is 9.61 Å².